The fourth-order valence-corrected chi connectivity index (χ4v) is 4.81. The zero-order valence-electron chi connectivity index (χ0n) is 19.5. The molecule has 8 heteroatoms. The van der Waals surface area contributed by atoms with E-state index in [0.717, 1.165) is 46.8 Å². The Bertz CT molecular complexity index is 1490. The molecule has 0 spiro atoms. The number of halogens is 1. The molecule has 1 fully saturated rings. The summed E-state index contributed by atoms with van der Waals surface area (Å²) in [5.74, 6) is 0.167. The Balaban J connectivity index is 1.32. The predicted molar refractivity (Wildman–Crippen MR) is 139 cm³/mol. The van der Waals surface area contributed by atoms with Crippen LogP contribution in [0.5, 0.6) is 0 Å². The van der Waals surface area contributed by atoms with Gasteiger partial charge in [-0.2, -0.15) is 0 Å². The van der Waals surface area contributed by atoms with Crippen LogP contribution in [0.15, 0.2) is 89.9 Å². The highest BCUT2D eigenvalue weighted by Gasteiger charge is 2.26. The van der Waals surface area contributed by atoms with Crippen molar-refractivity contribution in [2.24, 2.45) is 0 Å². The number of carbonyl (C=O) groups excluding carboxylic acids is 1. The van der Waals surface area contributed by atoms with Crippen molar-refractivity contribution in [2.75, 3.05) is 26.2 Å². The van der Waals surface area contributed by atoms with E-state index in [1.807, 2.05) is 47.4 Å². The van der Waals surface area contributed by atoms with Crippen LogP contribution in [0.2, 0.25) is 5.02 Å². The van der Waals surface area contributed by atoms with E-state index in [1.165, 1.54) is 12.6 Å². The minimum atomic E-state index is -0.115. The van der Waals surface area contributed by atoms with Gasteiger partial charge in [-0.15, -0.1) is 0 Å². The van der Waals surface area contributed by atoms with E-state index in [1.54, 1.807) is 0 Å². The maximum Gasteiger partial charge on any atom is 0.291 e. The molecule has 6 rings (SSSR count). The third kappa shape index (κ3) is 4.39. The van der Waals surface area contributed by atoms with E-state index in [2.05, 4.69) is 44.7 Å². The van der Waals surface area contributed by atoms with Gasteiger partial charge in [0, 0.05) is 49.5 Å². The largest absolute Gasteiger partial charge is 0.438 e. The summed E-state index contributed by atoms with van der Waals surface area (Å²) >= 11 is 6.16. The Labute approximate surface area is 213 Å². The van der Waals surface area contributed by atoms with E-state index >= 15 is 0 Å². The minimum Gasteiger partial charge on any atom is -0.438 e. The molecule has 0 N–H and O–H groups in total. The summed E-state index contributed by atoms with van der Waals surface area (Å²) in [6.07, 6.45) is 4.92. The van der Waals surface area contributed by atoms with Gasteiger partial charge in [0.1, 0.15) is 5.65 Å². The third-order valence-corrected chi connectivity index (χ3v) is 6.87. The fourth-order valence-electron chi connectivity index (χ4n) is 4.68. The van der Waals surface area contributed by atoms with E-state index in [9.17, 15) is 4.79 Å². The lowest BCUT2D eigenvalue weighted by Gasteiger charge is -2.34. The molecule has 1 saturated heterocycles. The summed E-state index contributed by atoms with van der Waals surface area (Å²) in [5, 5.41) is 0.697. The number of imidazole rings is 1. The van der Waals surface area contributed by atoms with Crippen molar-refractivity contribution in [3.8, 4) is 22.4 Å². The highest BCUT2D eigenvalue weighted by Crippen LogP contribution is 2.29. The summed E-state index contributed by atoms with van der Waals surface area (Å²) in [5.41, 5.74) is 6.27. The zero-order valence-corrected chi connectivity index (χ0v) is 20.3. The summed E-state index contributed by atoms with van der Waals surface area (Å²) in [6, 6.07) is 22.4. The molecule has 0 atom stereocenters. The van der Waals surface area contributed by atoms with Crippen LogP contribution in [-0.4, -0.2) is 56.3 Å². The molecule has 4 heterocycles. The van der Waals surface area contributed by atoms with E-state index in [4.69, 9.17) is 21.0 Å². The monoisotopic (exact) mass is 497 g/mol. The molecule has 0 unspecified atom stereocenters. The van der Waals surface area contributed by atoms with Crippen LogP contribution in [-0.2, 0) is 6.54 Å². The van der Waals surface area contributed by atoms with Crippen molar-refractivity contribution in [3.05, 3.63) is 102 Å². The van der Waals surface area contributed by atoms with Gasteiger partial charge in [0.2, 0.25) is 5.76 Å². The summed E-state index contributed by atoms with van der Waals surface area (Å²) in [7, 11) is 0. The fraction of sp³-hybridized carbons (Fsp3) is 0.179. The highest BCUT2D eigenvalue weighted by atomic mass is 35.5. The van der Waals surface area contributed by atoms with Gasteiger partial charge in [-0.3, -0.25) is 9.69 Å². The molecular formula is C28H24ClN5O2. The van der Waals surface area contributed by atoms with Crippen LogP contribution < -0.4 is 0 Å². The van der Waals surface area contributed by atoms with Gasteiger partial charge in [-0.05, 0) is 35.4 Å². The first kappa shape index (κ1) is 22.5. The molecule has 0 radical (unpaired) electrons. The van der Waals surface area contributed by atoms with Crippen molar-refractivity contribution in [1.29, 1.82) is 0 Å². The van der Waals surface area contributed by atoms with Gasteiger partial charge < -0.3 is 13.7 Å². The van der Waals surface area contributed by atoms with Crippen LogP contribution in [0.25, 0.3) is 28.0 Å². The molecule has 180 valence electrons. The Kier molecular flexibility index (Phi) is 6.01. The SMILES string of the molecule is O=C(c1cnco1)N1CCN(Cc2c(-c3ccc(Cl)cc3)nc3ccc(-c4ccccc4)cn23)CC1. The molecule has 1 amide bonds. The standard InChI is InChI=1S/C28H24ClN5O2/c29-23-9-6-21(7-10-23)27-24(18-32-12-14-33(15-13-32)28(35)25-16-30-19-36-25)34-17-22(8-11-26(34)31-27)20-4-2-1-3-5-20/h1-11,16-17,19H,12-15,18H2. The molecule has 7 nitrogen and oxygen atoms in total. The highest BCUT2D eigenvalue weighted by molar-refractivity contribution is 6.30. The average molecular weight is 498 g/mol. The molecule has 36 heavy (non-hydrogen) atoms. The molecule has 0 bridgehead atoms. The average Bonchev–Trinajstić information content (AvgIpc) is 3.58. The Morgan fingerprint density at radius 2 is 1.64 bits per heavy atom. The number of carbonyl (C=O) groups is 1. The lowest BCUT2D eigenvalue weighted by atomic mass is 10.1. The lowest BCUT2D eigenvalue weighted by Crippen LogP contribution is -2.48. The molecule has 3 aromatic heterocycles. The number of nitrogens with zero attached hydrogens (tertiary/aromatic N) is 5. The number of aromatic nitrogens is 3. The molecule has 1 aliphatic heterocycles. The zero-order chi connectivity index (χ0) is 24.5. The number of fused-ring (bicyclic) bond motifs is 1. The lowest BCUT2D eigenvalue weighted by molar-refractivity contribution is 0.0596. The van der Waals surface area contributed by atoms with Gasteiger partial charge in [0.05, 0.1) is 17.6 Å². The first-order chi connectivity index (χ1) is 17.7. The van der Waals surface area contributed by atoms with E-state index in [0.29, 0.717) is 24.7 Å². The second-order valence-electron chi connectivity index (χ2n) is 8.86. The Morgan fingerprint density at radius 3 is 2.36 bits per heavy atom. The number of pyridine rings is 1. The van der Waals surface area contributed by atoms with Crippen molar-refractivity contribution >= 4 is 23.2 Å². The number of oxazole rings is 1. The third-order valence-electron chi connectivity index (χ3n) is 6.62. The number of benzene rings is 2. The quantitative estimate of drug-likeness (QED) is 0.331. The number of hydrogen-bond donors (Lipinski definition) is 0. The Morgan fingerprint density at radius 1 is 0.889 bits per heavy atom. The van der Waals surface area contributed by atoms with Gasteiger partial charge >= 0.3 is 0 Å². The van der Waals surface area contributed by atoms with Gasteiger partial charge in [0.15, 0.2) is 6.39 Å². The van der Waals surface area contributed by atoms with Crippen LogP contribution in [0.1, 0.15) is 16.2 Å². The second-order valence-corrected chi connectivity index (χ2v) is 9.30. The predicted octanol–water partition coefficient (Wildman–Crippen LogP) is 5.27. The van der Waals surface area contributed by atoms with Gasteiger partial charge in [0.25, 0.3) is 5.91 Å². The van der Waals surface area contributed by atoms with Gasteiger partial charge in [-0.25, -0.2) is 9.97 Å². The summed E-state index contributed by atoms with van der Waals surface area (Å²) < 4.78 is 7.39. The number of rotatable bonds is 5. The van der Waals surface area contributed by atoms with Gasteiger partial charge in [-0.1, -0.05) is 54.1 Å². The summed E-state index contributed by atoms with van der Waals surface area (Å²) in [6.45, 7) is 3.47. The number of amides is 1. The van der Waals surface area contributed by atoms with Crippen molar-refractivity contribution < 1.29 is 9.21 Å². The molecule has 0 saturated carbocycles. The van der Waals surface area contributed by atoms with Crippen molar-refractivity contribution in [1.82, 2.24) is 24.2 Å². The minimum absolute atomic E-state index is 0.115. The van der Waals surface area contributed by atoms with E-state index < -0.39 is 0 Å². The first-order valence-electron chi connectivity index (χ1n) is 11.9. The van der Waals surface area contributed by atoms with Crippen molar-refractivity contribution in [2.45, 2.75) is 6.54 Å². The van der Waals surface area contributed by atoms with Crippen LogP contribution in [0.4, 0.5) is 0 Å². The Hall–Kier alpha value is -3.94. The maximum atomic E-state index is 12.6. The molecule has 1 aliphatic rings. The van der Waals surface area contributed by atoms with Crippen LogP contribution >= 0.6 is 11.6 Å². The molecule has 0 aliphatic carbocycles. The van der Waals surface area contributed by atoms with Crippen LogP contribution in [0.3, 0.4) is 0 Å². The topological polar surface area (TPSA) is 66.9 Å². The maximum absolute atomic E-state index is 12.6. The summed E-state index contributed by atoms with van der Waals surface area (Å²) in [4.78, 5) is 25.7. The normalized spacial score (nSPS) is 14.4. The number of hydrogen-bond acceptors (Lipinski definition) is 5. The smallest absolute Gasteiger partial charge is 0.291 e. The van der Waals surface area contributed by atoms with Crippen LogP contribution in [0, 0.1) is 0 Å². The van der Waals surface area contributed by atoms with E-state index in [-0.39, 0.29) is 11.7 Å². The van der Waals surface area contributed by atoms with Crippen molar-refractivity contribution in [3.63, 3.8) is 0 Å². The molecule has 5 aromatic rings. The molecular weight excluding hydrogens is 474 g/mol. The number of piperazine rings is 1. The molecule has 2 aromatic carbocycles. The second kappa shape index (κ2) is 9.60. The first-order valence-corrected chi connectivity index (χ1v) is 12.3.